The number of benzene rings is 2. The van der Waals surface area contributed by atoms with Crippen LogP contribution in [-0.2, 0) is 58.2 Å². The summed E-state index contributed by atoms with van der Waals surface area (Å²) in [7, 11) is 1.87. The van der Waals surface area contributed by atoms with Gasteiger partial charge in [0.15, 0.2) is 0 Å². The molecule has 0 unspecified atom stereocenters. The zero-order valence-corrected chi connectivity index (χ0v) is 34.8. The molecule has 4 aliphatic rings. The van der Waals surface area contributed by atoms with E-state index in [9.17, 15) is 42.3 Å². The lowest BCUT2D eigenvalue weighted by Crippen LogP contribution is -2.63. The normalized spacial score (nSPS) is 27.0. The molecule has 4 fully saturated rings. The van der Waals surface area contributed by atoms with Gasteiger partial charge in [0.25, 0.3) is 0 Å². The number of carbonyl (C=O) groups is 7. The lowest BCUT2D eigenvalue weighted by molar-refractivity contribution is -0.163. The minimum absolute atomic E-state index is 0.0478. The molecule has 6 amide bonds. The maximum Gasteiger partial charge on any atom is 0.329 e. The summed E-state index contributed by atoms with van der Waals surface area (Å²) in [6.45, 7) is 5.41. The SMILES string of the molecule is C[C@@H]1C[C@H]2C(=O)O[C@@H](C)[C@H](NC(=O)[C@H](Cc3cc(F)cc(F)c3)NC(=O)Cc3ccc4ccn(C)c4c3)C(=O)N3CCC[C@H]3C(=O)N3CCCC[C@H]3C(=O)N[C@@H](C)C(=O)N2C1. The Balaban J connectivity index is 1.21. The van der Waals surface area contributed by atoms with E-state index in [1.54, 1.807) is 6.07 Å². The van der Waals surface area contributed by atoms with Crippen molar-refractivity contribution in [2.75, 3.05) is 19.6 Å². The van der Waals surface area contributed by atoms with Crippen LogP contribution in [0.5, 0.6) is 0 Å². The summed E-state index contributed by atoms with van der Waals surface area (Å²) >= 11 is 0. The van der Waals surface area contributed by atoms with Gasteiger partial charge in [-0.3, -0.25) is 28.8 Å². The number of rotatable bonds is 7. The number of amides is 6. The van der Waals surface area contributed by atoms with E-state index in [4.69, 9.17) is 4.74 Å². The van der Waals surface area contributed by atoms with Crippen LogP contribution in [0.15, 0.2) is 48.7 Å². The number of carbonyl (C=O) groups excluding carboxylic acids is 7. The van der Waals surface area contributed by atoms with Crippen LogP contribution in [0.4, 0.5) is 8.78 Å². The van der Waals surface area contributed by atoms with Gasteiger partial charge in [-0.15, -0.1) is 0 Å². The fraction of sp³-hybridized carbons (Fsp3) is 0.523. The quantitative estimate of drug-likeness (QED) is 0.303. The number of hydrogen-bond donors (Lipinski definition) is 3. The standard InChI is InChI=1S/C44H53F2N7O8/c1-24-16-36-44(60)61-26(3)38(43(59)52-14-7-9-34(52)42(58)51-13-6-5-8-33(51)40(56)47-25(2)41(57)53(36)23-24)49-39(55)32(19-28-17-30(45)22-31(46)18-28)48-37(54)21-27-10-11-29-12-15-50(4)35(29)20-27/h10-12,15,17-18,20,22,24-26,32-34,36,38H,5-9,13-14,16,19,21,23H2,1-4H3,(H,47,56)(H,48,54)(H,49,55)/t24-,25+,26+,32+,33+,34+,36+,38+/m1/s1. The first-order valence-electron chi connectivity index (χ1n) is 21.1. The van der Waals surface area contributed by atoms with Crippen molar-refractivity contribution in [1.29, 1.82) is 0 Å². The van der Waals surface area contributed by atoms with Crippen LogP contribution in [0.1, 0.15) is 70.4 Å². The van der Waals surface area contributed by atoms with Gasteiger partial charge >= 0.3 is 5.97 Å². The number of halogens is 2. The molecule has 4 saturated heterocycles. The largest absolute Gasteiger partial charge is 0.458 e. The molecule has 0 radical (unpaired) electrons. The third-order valence-corrected chi connectivity index (χ3v) is 12.4. The van der Waals surface area contributed by atoms with Crippen LogP contribution < -0.4 is 16.0 Å². The van der Waals surface area contributed by atoms with E-state index < -0.39 is 95.4 Å². The molecule has 8 atom stereocenters. The van der Waals surface area contributed by atoms with Crippen molar-refractivity contribution in [2.45, 2.75) is 114 Å². The predicted octanol–water partition coefficient (Wildman–Crippen LogP) is 2.27. The maximum atomic E-state index is 14.8. The van der Waals surface area contributed by atoms with Crippen LogP contribution in [0.3, 0.4) is 0 Å². The number of fused-ring (bicyclic) bond motifs is 4. The van der Waals surface area contributed by atoms with Gasteiger partial charge in [-0.05, 0) is 99.1 Å². The lowest BCUT2D eigenvalue weighted by Gasteiger charge is -2.39. The Morgan fingerprint density at radius 3 is 2.28 bits per heavy atom. The highest BCUT2D eigenvalue weighted by atomic mass is 19.1. The number of piperidine rings is 1. The van der Waals surface area contributed by atoms with E-state index in [1.807, 2.05) is 42.9 Å². The van der Waals surface area contributed by atoms with Gasteiger partial charge in [-0.2, -0.15) is 0 Å². The van der Waals surface area contributed by atoms with E-state index in [0.29, 0.717) is 37.3 Å². The van der Waals surface area contributed by atoms with Crippen LogP contribution >= 0.6 is 0 Å². The Hall–Kier alpha value is -5.87. The van der Waals surface area contributed by atoms with Gasteiger partial charge in [-0.25, -0.2) is 13.6 Å². The summed E-state index contributed by atoms with van der Waals surface area (Å²) in [5.41, 5.74) is 1.56. The second kappa shape index (κ2) is 18.0. The first kappa shape index (κ1) is 43.2. The number of aromatic nitrogens is 1. The van der Waals surface area contributed by atoms with Crippen LogP contribution in [0.25, 0.3) is 10.9 Å². The fourth-order valence-electron chi connectivity index (χ4n) is 9.24. The van der Waals surface area contributed by atoms with Crippen molar-refractivity contribution in [1.82, 2.24) is 35.2 Å². The van der Waals surface area contributed by atoms with Crippen LogP contribution in [0, 0.1) is 17.6 Å². The van der Waals surface area contributed by atoms with Gasteiger partial charge in [0, 0.05) is 50.9 Å². The van der Waals surface area contributed by atoms with E-state index >= 15 is 0 Å². The molecule has 0 bridgehead atoms. The Morgan fingerprint density at radius 1 is 0.820 bits per heavy atom. The number of hydrogen-bond acceptors (Lipinski definition) is 8. The van der Waals surface area contributed by atoms with E-state index in [-0.39, 0.29) is 56.8 Å². The average molecular weight is 846 g/mol. The van der Waals surface area contributed by atoms with Gasteiger partial charge in [0.05, 0.1) is 6.42 Å². The topological polar surface area (TPSA) is 179 Å². The molecule has 15 nitrogen and oxygen atoms in total. The summed E-state index contributed by atoms with van der Waals surface area (Å²) < 4.78 is 36.7. The minimum atomic E-state index is -1.61. The first-order chi connectivity index (χ1) is 29.1. The molecule has 3 aromatic rings. The van der Waals surface area contributed by atoms with Crippen molar-refractivity contribution in [2.24, 2.45) is 13.0 Å². The number of aryl methyl sites for hydroxylation is 1. The Bertz CT molecular complexity index is 2210. The highest BCUT2D eigenvalue weighted by Crippen LogP contribution is 2.29. The molecule has 3 N–H and O–H groups in total. The third kappa shape index (κ3) is 9.39. The van der Waals surface area contributed by atoms with Gasteiger partial charge in [-0.1, -0.05) is 19.1 Å². The van der Waals surface area contributed by atoms with Crippen LogP contribution in [0.2, 0.25) is 0 Å². The number of cyclic esters (lactones) is 1. The number of ether oxygens (including phenoxy) is 1. The van der Waals surface area contributed by atoms with Crippen LogP contribution in [-0.4, -0.2) is 123 Å². The summed E-state index contributed by atoms with van der Waals surface area (Å²) in [5, 5.41) is 9.10. The molecule has 17 heteroatoms. The summed E-state index contributed by atoms with van der Waals surface area (Å²) in [5.74, 6) is -6.44. The first-order valence-corrected chi connectivity index (χ1v) is 21.1. The molecule has 0 aliphatic carbocycles. The number of esters is 1. The van der Waals surface area contributed by atoms with E-state index in [0.717, 1.165) is 23.0 Å². The molecule has 7 rings (SSSR count). The Kier molecular flexibility index (Phi) is 12.8. The van der Waals surface area contributed by atoms with Gasteiger partial charge in [0.1, 0.15) is 54.0 Å². The smallest absolute Gasteiger partial charge is 0.329 e. The molecule has 4 aliphatic heterocycles. The highest BCUT2D eigenvalue weighted by Gasteiger charge is 2.47. The maximum absolute atomic E-state index is 14.8. The van der Waals surface area contributed by atoms with E-state index in [1.165, 1.54) is 28.5 Å². The summed E-state index contributed by atoms with van der Waals surface area (Å²) in [6.07, 6.45) is 2.60. The Labute approximate surface area is 352 Å². The van der Waals surface area contributed by atoms with Crippen molar-refractivity contribution in [3.8, 4) is 0 Å². The zero-order chi connectivity index (χ0) is 43.7. The summed E-state index contributed by atoms with van der Waals surface area (Å²) in [4.78, 5) is 103. The minimum Gasteiger partial charge on any atom is -0.458 e. The van der Waals surface area contributed by atoms with E-state index in [2.05, 4.69) is 16.0 Å². The van der Waals surface area contributed by atoms with Gasteiger partial charge < -0.3 is 40.0 Å². The Morgan fingerprint density at radius 2 is 1.52 bits per heavy atom. The molecule has 1 aromatic heterocycles. The molecule has 326 valence electrons. The third-order valence-electron chi connectivity index (χ3n) is 12.4. The lowest BCUT2D eigenvalue weighted by atomic mass is 9.99. The molecular formula is C44H53F2N7O8. The monoisotopic (exact) mass is 845 g/mol. The zero-order valence-electron chi connectivity index (χ0n) is 34.8. The van der Waals surface area contributed by atoms with Gasteiger partial charge in [0.2, 0.25) is 35.4 Å². The number of nitrogens with one attached hydrogen (secondary N) is 3. The molecule has 5 heterocycles. The van der Waals surface area contributed by atoms with Crippen molar-refractivity contribution < 1.29 is 47.1 Å². The molecular weight excluding hydrogens is 793 g/mol. The van der Waals surface area contributed by atoms with Crippen molar-refractivity contribution >= 4 is 52.3 Å². The number of nitrogens with zero attached hydrogens (tertiary/aromatic N) is 4. The second-order valence-corrected chi connectivity index (χ2v) is 17.0. The molecule has 0 saturated carbocycles. The fourth-order valence-corrected chi connectivity index (χ4v) is 9.24. The van der Waals surface area contributed by atoms with Crippen molar-refractivity contribution in [3.05, 3.63) is 71.4 Å². The summed E-state index contributed by atoms with van der Waals surface area (Å²) in [6, 6.07) is 3.10. The highest BCUT2D eigenvalue weighted by molar-refractivity contribution is 5.98. The second-order valence-electron chi connectivity index (χ2n) is 17.0. The molecule has 0 spiro atoms. The molecule has 2 aromatic carbocycles. The average Bonchev–Trinajstić information content (AvgIpc) is 3.96. The molecule has 61 heavy (non-hydrogen) atoms. The predicted molar refractivity (Wildman–Crippen MR) is 217 cm³/mol. The van der Waals surface area contributed by atoms with Crippen molar-refractivity contribution in [3.63, 3.8) is 0 Å².